The summed E-state index contributed by atoms with van der Waals surface area (Å²) in [6, 6.07) is 1.65. The van der Waals surface area contributed by atoms with Gasteiger partial charge in [0.05, 0.1) is 0 Å². The number of nitrogens with zero attached hydrogens (tertiary/aromatic N) is 1. The van der Waals surface area contributed by atoms with Gasteiger partial charge in [-0.25, -0.2) is 0 Å². The van der Waals surface area contributed by atoms with E-state index >= 15 is 0 Å². The molecule has 2 bridgehead atoms. The third-order valence-corrected chi connectivity index (χ3v) is 6.72. The lowest BCUT2D eigenvalue weighted by molar-refractivity contribution is -0.129. The van der Waals surface area contributed by atoms with Crippen LogP contribution in [0.2, 0.25) is 0 Å². The Morgan fingerprint density at radius 1 is 0.955 bits per heavy atom. The van der Waals surface area contributed by atoms with Crippen LogP contribution in [-0.4, -0.2) is 42.0 Å². The second-order valence-corrected chi connectivity index (χ2v) is 8.25. The van der Waals surface area contributed by atoms with Crippen molar-refractivity contribution in [2.45, 2.75) is 75.9 Å². The zero-order valence-corrected chi connectivity index (χ0v) is 13.7. The molecule has 4 nitrogen and oxygen atoms in total. The van der Waals surface area contributed by atoms with Crippen molar-refractivity contribution >= 4 is 5.91 Å². The van der Waals surface area contributed by atoms with E-state index in [9.17, 15) is 4.79 Å². The normalized spacial score (nSPS) is 40.4. The molecule has 3 N–H and O–H groups in total. The monoisotopic (exact) mass is 305 g/mol. The van der Waals surface area contributed by atoms with Crippen molar-refractivity contribution in [1.29, 1.82) is 0 Å². The van der Waals surface area contributed by atoms with Crippen molar-refractivity contribution in [2.75, 3.05) is 13.1 Å². The van der Waals surface area contributed by atoms with Gasteiger partial charge in [-0.15, -0.1) is 0 Å². The average molecular weight is 305 g/mol. The molecule has 0 spiro atoms. The van der Waals surface area contributed by atoms with Gasteiger partial charge in [-0.3, -0.25) is 4.79 Å². The zero-order chi connectivity index (χ0) is 15.1. The molecule has 0 aromatic heterocycles. The second kappa shape index (κ2) is 6.12. The third kappa shape index (κ3) is 3.05. The molecular weight excluding hydrogens is 274 g/mol. The Balaban J connectivity index is 1.27. The Morgan fingerprint density at radius 2 is 1.59 bits per heavy atom. The standard InChI is InChI=1S/C18H31N3O/c19-17-12-2-1-3-13(17)11-14(10-12)18(22)20-15-6-8-21(9-7-15)16-4-5-16/h12-17H,1-11,19H2,(H,20,22). The molecule has 0 radical (unpaired) electrons. The van der Waals surface area contributed by atoms with E-state index in [-0.39, 0.29) is 5.92 Å². The third-order valence-electron chi connectivity index (χ3n) is 6.72. The van der Waals surface area contributed by atoms with Gasteiger partial charge in [-0.2, -0.15) is 0 Å². The summed E-state index contributed by atoms with van der Waals surface area (Å²) in [6.07, 6.45) is 10.9. The lowest BCUT2D eigenvalue weighted by Crippen LogP contribution is -2.51. The average Bonchev–Trinajstić information content (AvgIpc) is 3.32. The number of fused-ring (bicyclic) bond motifs is 2. The number of hydrogen-bond donors (Lipinski definition) is 2. The minimum Gasteiger partial charge on any atom is -0.353 e. The predicted octanol–water partition coefficient (Wildman–Crippen LogP) is 1.88. The van der Waals surface area contributed by atoms with Gasteiger partial charge in [0, 0.05) is 37.1 Å². The lowest BCUT2D eigenvalue weighted by Gasteiger charge is -2.44. The van der Waals surface area contributed by atoms with Crippen LogP contribution in [0.3, 0.4) is 0 Å². The van der Waals surface area contributed by atoms with Crippen LogP contribution in [0.15, 0.2) is 0 Å². The molecule has 3 aliphatic carbocycles. The number of carbonyl (C=O) groups excluding carboxylic acids is 1. The molecule has 2 unspecified atom stereocenters. The minimum absolute atomic E-state index is 0.233. The Bertz CT molecular complexity index is 401. The summed E-state index contributed by atoms with van der Waals surface area (Å²) in [6.45, 7) is 2.35. The summed E-state index contributed by atoms with van der Waals surface area (Å²) in [4.78, 5) is 15.3. The van der Waals surface area contributed by atoms with Crippen LogP contribution in [0.4, 0.5) is 0 Å². The molecule has 0 aromatic rings. The number of nitrogens with two attached hydrogens (primary N) is 1. The van der Waals surface area contributed by atoms with E-state index in [0.29, 0.717) is 29.8 Å². The van der Waals surface area contributed by atoms with Crippen molar-refractivity contribution in [1.82, 2.24) is 10.2 Å². The van der Waals surface area contributed by atoms with Gasteiger partial charge in [0.25, 0.3) is 0 Å². The molecule has 4 heteroatoms. The van der Waals surface area contributed by atoms with E-state index in [1.807, 2.05) is 0 Å². The number of nitrogens with one attached hydrogen (secondary N) is 1. The first-order valence-corrected chi connectivity index (χ1v) is 9.50. The molecule has 4 aliphatic rings. The van der Waals surface area contributed by atoms with Gasteiger partial charge >= 0.3 is 0 Å². The molecule has 1 heterocycles. The molecule has 1 amide bonds. The highest BCUT2D eigenvalue weighted by atomic mass is 16.1. The predicted molar refractivity (Wildman–Crippen MR) is 87.3 cm³/mol. The number of hydrogen-bond acceptors (Lipinski definition) is 3. The molecular formula is C18H31N3O. The second-order valence-electron chi connectivity index (χ2n) is 8.25. The zero-order valence-electron chi connectivity index (χ0n) is 13.7. The maximum absolute atomic E-state index is 12.7. The van der Waals surface area contributed by atoms with Crippen LogP contribution >= 0.6 is 0 Å². The van der Waals surface area contributed by atoms with Crippen LogP contribution in [0, 0.1) is 17.8 Å². The highest BCUT2D eigenvalue weighted by Crippen LogP contribution is 2.42. The van der Waals surface area contributed by atoms with Gasteiger partial charge in [0.15, 0.2) is 0 Å². The van der Waals surface area contributed by atoms with Gasteiger partial charge in [-0.1, -0.05) is 6.42 Å². The smallest absolute Gasteiger partial charge is 0.223 e. The highest BCUT2D eigenvalue weighted by molar-refractivity contribution is 5.79. The summed E-state index contributed by atoms with van der Waals surface area (Å²) in [5.74, 6) is 1.75. The van der Waals surface area contributed by atoms with E-state index in [4.69, 9.17) is 5.73 Å². The minimum atomic E-state index is 0.233. The molecule has 4 rings (SSSR count). The Hall–Kier alpha value is -0.610. The molecule has 22 heavy (non-hydrogen) atoms. The Morgan fingerprint density at radius 3 is 2.18 bits per heavy atom. The van der Waals surface area contributed by atoms with Gasteiger partial charge in [0.1, 0.15) is 0 Å². The van der Waals surface area contributed by atoms with Crippen molar-refractivity contribution in [2.24, 2.45) is 23.5 Å². The first-order valence-electron chi connectivity index (χ1n) is 9.50. The fourth-order valence-corrected chi connectivity index (χ4v) is 5.17. The van der Waals surface area contributed by atoms with E-state index in [1.165, 1.54) is 45.2 Å². The topological polar surface area (TPSA) is 58.4 Å². The summed E-state index contributed by atoms with van der Waals surface area (Å²) in [5.41, 5.74) is 6.34. The van der Waals surface area contributed by atoms with Crippen molar-refractivity contribution in [3.63, 3.8) is 0 Å². The van der Waals surface area contributed by atoms with E-state index < -0.39 is 0 Å². The molecule has 1 saturated heterocycles. The van der Waals surface area contributed by atoms with Crippen LogP contribution in [0.1, 0.15) is 57.8 Å². The maximum Gasteiger partial charge on any atom is 0.223 e. The number of amides is 1. The number of carbonyl (C=O) groups is 1. The van der Waals surface area contributed by atoms with E-state index in [1.54, 1.807) is 0 Å². The highest BCUT2D eigenvalue weighted by Gasteiger charge is 2.41. The Labute approximate surface area is 134 Å². The molecule has 124 valence electrons. The summed E-state index contributed by atoms with van der Waals surface area (Å²) >= 11 is 0. The summed E-state index contributed by atoms with van der Waals surface area (Å²) in [5, 5.41) is 3.37. The van der Waals surface area contributed by atoms with Crippen molar-refractivity contribution in [3.8, 4) is 0 Å². The largest absolute Gasteiger partial charge is 0.353 e. The fraction of sp³-hybridized carbons (Fsp3) is 0.944. The first kappa shape index (κ1) is 14.9. The fourth-order valence-electron chi connectivity index (χ4n) is 5.17. The van der Waals surface area contributed by atoms with Crippen molar-refractivity contribution < 1.29 is 4.79 Å². The van der Waals surface area contributed by atoms with Gasteiger partial charge < -0.3 is 16.0 Å². The maximum atomic E-state index is 12.7. The number of piperidine rings is 1. The quantitative estimate of drug-likeness (QED) is 0.837. The van der Waals surface area contributed by atoms with E-state index in [2.05, 4.69) is 10.2 Å². The first-order chi connectivity index (χ1) is 10.7. The van der Waals surface area contributed by atoms with Crippen LogP contribution in [0.5, 0.6) is 0 Å². The van der Waals surface area contributed by atoms with Crippen LogP contribution < -0.4 is 11.1 Å². The lowest BCUT2D eigenvalue weighted by atomic mass is 9.65. The van der Waals surface area contributed by atoms with E-state index in [0.717, 1.165) is 31.7 Å². The molecule has 4 fully saturated rings. The summed E-state index contributed by atoms with van der Waals surface area (Å²) in [7, 11) is 0. The number of likely N-dealkylation sites (tertiary alicyclic amines) is 1. The van der Waals surface area contributed by atoms with Crippen LogP contribution in [-0.2, 0) is 4.79 Å². The molecule has 2 atom stereocenters. The molecule has 1 aliphatic heterocycles. The Kier molecular flexibility index (Phi) is 4.16. The SMILES string of the molecule is NC1C2CCCC1CC(C(=O)NC1CCN(C3CC3)CC1)C2. The number of rotatable bonds is 3. The molecule has 0 aromatic carbocycles. The van der Waals surface area contributed by atoms with Crippen LogP contribution in [0.25, 0.3) is 0 Å². The van der Waals surface area contributed by atoms with Gasteiger partial charge in [0.2, 0.25) is 5.91 Å². The van der Waals surface area contributed by atoms with Crippen molar-refractivity contribution in [3.05, 3.63) is 0 Å². The molecule has 3 saturated carbocycles. The van der Waals surface area contributed by atoms with Gasteiger partial charge in [-0.05, 0) is 63.2 Å². The summed E-state index contributed by atoms with van der Waals surface area (Å²) < 4.78 is 0.